The van der Waals surface area contributed by atoms with Crippen molar-refractivity contribution in [2.45, 2.75) is 6.42 Å². The van der Waals surface area contributed by atoms with Crippen LogP contribution in [-0.2, 0) is 11.2 Å². The summed E-state index contributed by atoms with van der Waals surface area (Å²) < 4.78 is 16.2. The molecule has 0 unspecified atom stereocenters. The number of esters is 1. The number of carbonyl (C=O) groups is 2. The molecule has 1 aliphatic heterocycles. The molecule has 0 atom stereocenters. The lowest BCUT2D eigenvalue weighted by molar-refractivity contribution is -0.133. The van der Waals surface area contributed by atoms with E-state index in [0.717, 1.165) is 16.9 Å². The van der Waals surface area contributed by atoms with Crippen LogP contribution in [0.15, 0.2) is 72.5 Å². The number of methoxy groups -OCH3 is 1. The number of Topliss-reactive ketones (excluding diaryl/α,β-unsaturated/α-hetero) is 1. The molecule has 0 radical (unpaired) electrons. The van der Waals surface area contributed by atoms with Crippen molar-refractivity contribution >= 4 is 29.4 Å². The van der Waals surface area contributed by atoms with Gasteiger partial charge in [0, 0.05) is 11.1 Å². The first-order valence-corrected chi connectivity index (χ1v) is 9.57. The molecule has 0 N–H and O–H groups in total. The van der Waals surface area contributed by atoms with Crippen molar-refractivity contribution in [3.05, 3.63) is 94.2 Å². The quantitative estimate of drug-likeness (QED) is 0.326. The minimum absolute atomic E-state index is 0.108. The Morgan fingerprint density at radius 3 is 2.40 bits per heavy atom. The molecule has 0 spiro atoms. The van der Waals surface area contributed by atoms with E-state index in [1.165, 1.54) is 0 Å². The second-order valence-corrected chi connectivity index (χ2v) is 7.08. The molecule has 30 heavy (non-hydrogen) atoms. The van der Waals surface area contributed by atoms with Gasteiger partial charge >= 0.3 is 5.97 Å². The van der Waals surface area contributed by atoms with Crippen LogP contribution < -0.4 is 14.2 Å². The van der Waals surface area contributed by atoms with Crippen molar-refractivity contribution in [1.29, 1.82) is 0 Å². The Balaban J connectivity index is 1.46. The minimum atomic E-state index is -0.421. The van der Waals surface area contributed by atoms with Gasteiger partial charge in [0.1, 0.15) is 17.2 Å². The monoisotopic (exact) mass is 420 g/mol. The summed E-state index contributed by atoms with van der Waals surface area (Å²) in [5, 5.41) is 0.603. The number of ether oxygens (including phenoxy) is 3. The molecule has 0 bridgehead atoms. The van der Waals surface area contributed by atoms with E-state index in [0.29, 0.717) is 22.1 Å². The van der Waals surface area contributed by atoms with Crippen LogP contribution in [0.2, 0.25) is 5.02 Å². The standard InChI is InChI=1S/C24H17ClO5/c1-28-18-8-4-15(5-9-18)12-22-24(27)20-11-10-19(14-21(20)30-22)29-23(26)13-16-2-6-17(25)7-3-16/h2-12,14H,13H2,1H3/b22-12-. The highest BCUT2D eigenvalue weighted by Crippen LogP contribution is 2.35. The van der Waals surface area contributed by atoms with Gasteiger partial charge in [0.25, 0.3) is 0 Å². The average Bonchev–Trinajstić information content (AvgIpc) is 3.05. The summed E-state index contributed by atoms with van der Waals surface area (Å²) in [7, 11) is 1.59. The Labute approximate surface area is 178 Å². The fourth-order valence-electron chi connectivity index (χ4n) is 3.02. The van der Waals surface area contributed by atoms with E-state index in [1.807, 2.05) is 12.1 Å². The molecule has 0 amide bonds. The number of fused-ring (bicyclic) bond motifs is 1. The van der Waals surface area contributed by atoms with Crippen molar-refractivity contribution < 1.29 is 23.8 Å². The lowest BCUT2D eigenvalue weighted by Gasteiger charge is -2.06. The first kappa shape index (κ1) is 19.7. The molecule has 0 aromatic heterocycles. The smallest absolute Gasteiger partial charge is 0.315 e. The highest BCUT2D eigenvalue weighted by molar-refractivity contribution is 6.30. The zero-order chi connectivity index (χ0) is 21.1. The summed E-state index contributed by atoms with van der Waals surface area (Å²) in [6, 6.07) is 19.0. The predicted molar refractivity (Wildman–Crippen MR) is 113 cm³/mol. The van der Waals surface area contributed by atoms with Crippen LogP contribution in [0.1, 0.15) is 21.5 Å². The van der Waals surface area contributed by atoms with E-state index in [9.17, 15) is 9.59 Å². The van der Waals surface area contributed by atoms with E-state index in [-0.39, 0.29) is 18.0 Å². The third kappa shape index (κ3) is 4.36. The molecule has 6 heteroatoms. The molecule has 150 valence electrons. The maximum Gasteiger partial charge on any atom is 0.315 e. The van der Waals surface area contributed by atoms with Gasteiger partial charge in [0.15, 0.2) is 5.76 Å². The number of hydrogen-bond donors (Lipinski definition) is 0. The molecule has 5 nitrogen and oxygen atoms in total. The fourth-order valence-corrected chi connectivity index (χ4v) is 3.14. The van der Waals surface area contributed by atoms with Crippen LogP contribution >= 0.6 is 11.6 Å². The van der Waals surface area contributed by atoms with E-state index in [2.05, 4.69) is 0 Å². The largest absolute Gasteiger partial charge is 0.497 e. The number of ketones is 1. The van der Waals surface area contributed by atoms with Crippen LogP contribution in [0.3, 0.4) is 0 Å². The lowest BCUT2D eigenvalue weighted by Crippen LogP contribution is -2.11. The van der Waals surface area contributed by atoms with Crippen LogP contribution in [0, 0.1) is 0 Å². The number of benzene rings is 3. The third-order valence-corrected chi connectivity index (χ3v) is 4.80. The molecule has 0 aliphatic carbocycles. The number of rotatable bonds is 5. The van der Waals surface area contributed by atoms with Gasteiger partial charge in [-0.2, -0.15) is 0 Å². The molecular weight excluding hydrogens is 404 g/mol. The number of allylic oxidation sites excluding steroid dienone is 1. The molecular formula is C24H17ClO5. The summed E-state index contributed by atoms with van der Waals surface area (Å²) in [6.07, 6.45) is 1.77. The highest BCUT2D eigenvalue weighted by atomic mass is 35.5. The van der Waals surface area contributed by atoms with Crippen LogP contribution in [-0.4, -0.2) is 18.9 Å². The van der Waals surface area contributed by atoms with Crippen LogP contribution in [0.5, 0.6) is 17.2 Å². The Kier molecular flexibility index (Phi) is 5.55. The van der Waals surface area contributed by atoms with E-state index >= 15 is 0 Å². The van der Waals surface area contributed by atoms with E-state index < -0.39 is 5.97 Å². The number of halogens is 1. The molecule has 0 saturated carbocycles. The van der Waals surface area contributed by atoms with Crippen molar-refractivity contribution in [2.24, 2.45) is 0 Å². The zero-order valence-corrected chi connectivity index (χ0v) is 16.8. The average molecular weight is 421 g/mol. The first-order chi connectivity index (χ1) is 14.5. The summed E-state index contributed by atoms with van der Waals surface area (Å²) >= 11 is 5.85. The zero-order valence-electron chi connectivity index (χ0n) is 16.1. The van der Waals surface area contributed by atoms with Crippen molar-refractivity contribution in [3.63, 3.8) is 0 Å². The summed E-state index contributed by atoms with van der Waals surface area (Å²) in [5.41, 5.74) is 2.02. The summed E-state index contributed by atoms with van der Waals surface area (Å²) in [5.74, 6) is 0.960. The maximum absolute atomic E-state index is 12.6. The Bertz CT molecular complexity index is 1130. The topological polar surface area (TPSA) is 61.8 Å². The molecule has 4 rings (SSSR count). The van der Waals surface area contributed by atoms with E-state index in [1.54, 1.807) is 67.8 Å². The van der Waals surface area contributed by atoms with Crippen LogP contribution in [0.25, 0.3) is 6.08 Å². The second kappa shape index (κ2) is 8.43. The van der Waals surface area contributed by atoms with Crippen molar-refractivity contribution in [3.8, 4) is 17.2 Å². The summed E-state index contributed by atoms with van der Waals surface area (Å²) in [4.78, 5) is 24.8. The van der Waals surface area contributed by atoms with Crippen molar-refractivity contribution in [1.82, 2.24) is 0 Å². The van der Waals surface area contributed by atoms with Gasteiger partial charge in [0.05, 0.1) is 19.1 Å². The maximum atomic E-state index is 12.6. The lowest BCUT2D eigenvalue weighted by atomic mass is 10.1. The second-order valence-electron chi connectivity index (χ2n) is 6.65. The highest BCUT2D eigenvalue weighted by Gasteiger charge is 2.28. The first-order valence-electron chi connectivity index (χ1n) is 9.19. The Hall–Kier alpha value is -3.57. The van der Waals surface area contributed by atoms with Crippen molar-refractivity contribution in [2.75, 3.05) is 7.11 Å². The SMILES string of the molecule is COc1ccc(/C=C2\Oc3cc(OC(=O)Cc4ccc(Cl)cc4)ccc3C2=O)cc1. The minimum Gasteiger partial charge on any atom is -0.497 e. The number of hydrogen-bond acceptors (Lipinski definition) is 5. The van der Waals surface area contributed by atoms with Gasteiger partial charge in [-0.25, -0.2) is 0 Å². The third-order valence-electron chi connectivity index (χ3n) is 4.55. The molecule has 1 heterocycles. The van der Waals surface area contributed by atoms with Gasteiger partial charge in [-0.05, 0) is 53.6 Å². The van der Waals surface area contributed by atoms with Gasteiger partial charge in [-0.15, -0.1) is 0 Å². The molecule has 3 aromatic carbocycles. The molecule has 0 fully saturated rings. The number of carbonyl (C=O) groups excluding carboxylic acids is 2. The Morgan fingerprint density at radius 1 is 1.00 bits per heavy atom. The normalized spacial score (nSPS) is 13.7. The van der Waals surface area contributed by atoms with Gasteiger partial charge in [0.2, 0.25) is 5.78 Å². The van der Waals surface area contributed by atoms with E-state index in [4.69, 9.17) is 25.8 Å². The fraction of sp³-hybridized carbons (Fsp3) is 0.0833. The van der Waals surface area contributed by atoms with Crippen LogP contribution in [0.4, 0.5) is 0 Å². The Morgan fingerprint density at radius 2 is 1.70 bits per heavy atom. The molecule has 0 saturated heterocycles. The molecule has 1 aliphatic rings. The summed E-state index contributed by atoms with van der Waals surface area (Å²) in [6.45, 7) is 0. The van der Waals surface area contributed by atoms with Gasteiger partial charge in [-0.1, -0.05) is 35.9 Å². The molecule has 3 aromatic rings. The predicted octanol–water partition coefficient (Wildman–Crippen LogP) is 5.11. The van der Waals surface area contributed by atoms with Gasteiger partial charge in [-0.3, -0.25) is 9.59 Å². The van der Waals surface area contributed by atoms with Gasteiger partial charge < -0.3 is 14.2 Å².